The fourth-order valence-electron chi connectivity index (χ4n) is 3.01. The van der Waals surface area contributed by atoms with Crippen molar-refractivity contribution in [2.45, 2.75) is 30.7 Å². The van der Waals surface area contributed by atoms with Gasteiger partial charge in [0.25, 0.3) is 0 Å². The monoisotopic (exact) mass is 444 g/mol. The molecule has 31 heavy (non-hydrogen) atoms. The lowest BCUT2D eigenvalue weighted by Crippen LogP contribution is -2.26. The Hall–Kier alpha value is -3.10. The van der Waals surface area contributed by atoms with Gasteiger partial charge < -0.3 is 5.32 Å². The topological polar surface area (TPSA) is 75.3 Å². The van der Waals surface area contributed by atoms with Crippen molar-refractivity contribution < 1.29 is 22.0 Å². The van der Waals surface area contributed by atoms with Gasteiger partial charge in [-0.2, -0.15) is 0 Å². The molecule has 1 atom stereocenters. The Bertz CT molecular complexity index is 1150. The second kappa shape index (κ2) is 9.80. The summed E-state index contributed by atoms with van der Waals surface area (Å²) in [5, 5.41) is 2.33. The van der Waals surface area contributed by atoms with Crippen LogP contribution in [0.4, 0.5) is 14.5 Å². The number of benzene rings is 3. The van der Waals surface area contributed by atoms with Crippen molar-refractivity contribution in [3.8, 4) is 0 Å². The van der Waals surface area contributed by atoms with Gasteiger partial charge in [-0.15, -0.1) is 0 Å². The molecule has 1 amide bonds. The molecular weight excluding hydrogens is 422 g/mol. The summed E-state index contributed by atoms with van der Waals surface area (Å²) in [7, 11) is -3.71. The summed E-state index contributed by atoms with van der Waals surface area (Å²) in [4.78, 5) is 12.1. The molecule has 0 aliphatic carbocycles. The van der Waals surface area contributed by atoms with Crippen LogP contribution < -0.4 is 10.0 Å². The third-order valence-electron chi connectivity index (χ3n) is 4.71. The zero-order valence-electron chi connectivity index (χ0n) is 16.8. The number of carbonyl (C=O) groups excluding carboxylic acids is 1. The van der Waals surface area contributed by atoms with Crippen LogP contribution >= 0.6 is 0 Å². The van der Waals surface area contributed by atoms with Crippen LogP contribution in [-0.4, -0.2) is 14.3 Å². The highest BCUT2D eigenvalue weighted by atomic mass is 32.2. The molecule has 0 fully saturated rings. The van der Waals surface area contributed by atoms with E-state index >= 15 is 0 Å². The lowest BCUT2D eigenvalue weighted by Gasteiger charge is -2.15. The first-order valence-electron chi connectivity index (χ1n) is 9.66. The van der Waals surface area contributed by atoms with Crippen LogP contribution in [0.2, 0.25) is 0 Å². The fraction of sp³-hybridized carbons (Fsp3) is 0.174. The zero-order valence-corrected chi connectivity index (χ0v) is 17.6. The first-order valence-corrected chi connectivity index (χ1v) is 11.1. The van der Waals surface area contributed by atoms with Gasteiger partial charge in [0, 0.05) is 18.5 Å². The van der Waals surface area contributed by atoms with Crippen LogP contribution in [0.25, 0.3) is 0 Å². The Labute approximate surface area is 180 Å². The van der Waals surface area contributed by atoms with Gasteiger partial charge in [-0.25, -0.2) is 21.9 Å². The van der Waals surface area contributed by atoms with Crippen molar-refractivity contribution in [2.75, 3.05) is 5.32 Å². The number of rotatable bonds is 8. The molecule has 2 N–H and O–H groups in total. The number of aryl methyl sites for hydroxylation is 1. The summed E-state index contributed by atoms with van der Waals surface area (Å²) < 4.78 is 54.7. The maximum absolute atomic E-state index is 13.6. The largest absolute Gasteiger partial charge is 0.324 e. The van der Waals surface area contributed by atoms with Crippen LogP contribution in [0.3, 0.4) is 0 Å². The third-order valence-corrected chi connectivity index (χ3v) is 6.27. The van der Waals surface area contributed by atoms with E-state index < -0.39 is 33.6 Å². The maximum atomic E-state index is 13.6. The second-order valence-electron chi connectivity index (χ2n) is 7.07. The van der Waals surface area contributed by atoms with Crippen molar-refractivity contribution in [2.24, 2.45) is 0 Å². The molecule has 0 spiro atoms. The van der Waals surface area contributed by atoms with Crippen molar-refractivity contribution >= 4 is 21.6 Å². The molecule has 0 saturated heterocycles. The number of nitrogens with one attached hydrogen (secondary N) is 2. The molecule has 0 saturated carbocycles. The number of carbonyl (C=O) groups is 1. The first kappa shape index (κ1) is 22.6. The van der Waals surface area contributed by atoms with Crippen molar-refractivity contribution in [1.29, 1.82) is 0 Å². The quantitative estimate of drug-likeness (QED) is 0.534. The molecule has 0 bridgehead atoms. The second-order valence-corrected chi connectivity index (χ2v) is 8.78. The molecule has 0 aromatic heterocycles. The lowest BCUT2D eigenvalue weighted by molar-refractivity contribution is -0.116. The summed E-state index contributed by atoms with van der Waals surface area (Å²) in [6.07, 6.45) is 0.349. The van der Waals surface area contributed by atoms with Crippen LogP contribution in [0.5, 0.6) is 0 Å². The van der Waals surface area contributed by atoms with Crippen LogP contribution in [0.1, 0.15) is 30.5 Å². The molecule has 8 heteroatoms. The molecule has 0 heterocycles. The van der Waals surface area contributed by atoms with E-state index in [1.165, 1.54) is 12.1 Å². The van der Waals surface area contributed by atoms with Crippen molar-refractivity contribution in [3.63, 3.8) is 0 Å². The van der Waals surface area contributed by atoms with Gasteiger partial charge in [-0.05, 0) is 48.7 Å². The van der Waals surface area contributed by atoms with E-state index in [-0.39, 0.29) is 17.0 Å². The molecule has 3 aromatic rings. The Morgan fingerprint density at radius 2 is 1.65 bits per heavy atom. The average molecular weight is 445 g/mol. The molecule has 0 aliphatic rings. The Morgan fingerprint density at radius 1 is 0.968 bits per heavy atom. The summed E-state index contributed by atoms with van der Waals surface area (Å²) in [5.41, 5.74) is 1.37. The van der Waals surface area contributed by atoms with Gasteiger partial charge in [0.2, 0.25) is 15.9 Å². The molecule has 3 rings (SSSR count). The van der Waals surface area contributed by atoms with Gasteiger partial charge in [0.1, 0.15) is 11.6 Å². The van der Waals surface area contributed by atoms with Gasteiger partial charge in [0.05, 0.1) is 10.6 Å². The van der Waals surface area contributed by atoms with E-state index in [2.05, 4.69) is 10.0 Å². The molecule has 5 nitrogen and oxygen atoms in total. The van der Waals surface area contributed by atoms with E-state index in [1.54, 1.807) is 19.1 Å². The predicted octanol–water partition coefficient (Wildman–Crippen LogP) is 4.58. The predicted molar refractivity (Wildman–Crippen MR) is 115 cm³/mol. The molecule has 0 radical (unpaired) electrons. The van der Waals surface area contributed by atoms with Gasteiger partial charge in [-0.1, -0.05) is 42.5 Å². The minimum Gasteiger partial charge on any atom is -0.324 e. The van der Waals surface area contributed by atoms with E-state index in [0.717, 1.165) is 29.3 Å². The Balaban J connectivity index is 1.58. The zero-order chi connectivity index (χ0) is 22.4. The fourth-order valence-corrected chi connectivity index (χ4v) is 4.24. The summed E-state index contributed by atoms with van der Waals surface area (Å²) in [6, 6.07) is 17.9. The van der Waals surface area contributed by atoms with Crippen LogP contribution in [0, 0.1) is 11.6 Å². The van der Waals surface area contributed by atoms with Crippen molar-refractivity contribution in [3.05, 3.63) is 95.6 Å². The number of sulfonamides is 1. The third kappa shape index (κ3) is 6.19. The number of halogens is 2. The SMILES string of the molecule is CC(NS(=O)(=O)c1ccc(CCC(=O)Nc2cc(F)ccc2F)cc1)c1ccccc1. The highest BCUT2D eigenvalue weighted by Crippen LogP contribution is 2.19. The van der Waals surface area contributed by atoms with E-state index in [9.17, 15) is 22.0 Å². The van der Waals surface area contributed by atoms with Gasteiger partial charge in [-0.3, -0.25) is 4.79 Å². The Kier molecular flexibility index (Phi) is 7.14. The maximum Gasteiger partial charge on any atom is 0.241 e. The van der Waals surface area contributed by atoms with Gasteiger partial charge >= 0.3 is 0 Å². The molecule has 3 aromatic carbocycles. The van der Waals surface area contributed by atoms with E-state index in [1.807, 2.05) is 30.3 Å². The minimum absolute atomic E-state index is 0.0331. The first-order chi connectivity index (χ1) is 14.7. The number of hydrogen-bond acceptors (Lipinski definition) is 3. The number of anilines is 1. The van der Waals surface area contributed by atoms with Gasteiger partial charge in [0.15, 0.2) is 0 Å². The summed E-state index contributed by atoms with van der Waals surface area (Å²) in [6.45, 7) is 1.77. The number of hydrogen-bond donors (Lipinski definition) is 2. The van der Waals surface area contributed by atoms with Crippen LogP contribution in [0.15, 0.2) is 77.7 Å². The standard InChI is InChI=1S/C23H22F2N2O3S/c1-16(18-5-3-2-4-6-18)27-31(29,30)20-11-7-17(8-12-20)9-14-23(28)26-22-15-19(24)10-13-21(22)25/h2-8,10-13,15-16,27H,9,14H2,1H3,(H,26,28). The minimum atomic E-state index is -3.71. The highest BCUT2D eigenvalue weighted by molar-refractivity contribution is 7.89. The Morgan fingerprint density at radius 3 is 2.32 bits per heavy atom. The molecule has 162 valence electrons. The van der Waals surface area contributed by atoms with Crippen LogP contribution in [-0.2, 0) is 21.2 Å². The highest BCUT2D eigenvalue weighted by Gasteiger charge is 2.18. The normalized spacial score (nSPS) is 12.4. The smallest absolute Gasteiger partial charge is 0.241 e. The van der Waals surface area contributed by atoms with E-state index in [0.29, 0.717) is 6.42 Å². The summed E-state index contributed by atoms with van der Waals surface area (Å²) >= 11 is 0. The van der Waals surface area contributed by atoms with E-state index in [4.69, 9.17) is 0 Å². The average Bonchev–Trinajstić information content (AvgIpc) is 2.75. The number of amides is 1. The lowest BCUT2D eigenvalue weighted by atomic mass is 10.1. The molecule has 1 unspecified atom stereocenters. The summed E-state index contributed by atoms with van der Waals surface area (Å²) in [5.74, 6) is -1.84. The van der Waals surface area contributed by atoms with Crippen molar-refractivity contribution in [1.82, 2.24) is 4.72 Å². The molecule has 0 aliphatic heterocycles. The molecular formula is C23H22F2N2O3S.